The summed E-state index contributed by atoms with van der Waals surface area (Å²) in [6.45, 7) is 2.01. The zero-order valence-electron chi connectivity index (χ0n) is 9.88. The summed E-state index contributed by atoms with van der Waals surface area (Å²) in [4.78, 5) is 23.4. The summed E-state index contributed by atoms with van der Waals surface area (Å²) in [5.41, 5.74) is 0.256. The molecule has 0 bridgehead atoms. The van der Waals surface area contributed by atoms with Gasteiger partial charge in [0.05, 0.1) is 13.7 Å². The van der Waals surface area contributed by atoms with Crippen molar-refractivity contribution in [2.75, 3.05) is 12.4 Å². The van der Waals surface area contributed by atoms with E-state index in [1.165, 1.54) is 19.7 Å². The molecule has 1 N–H and O–H groups in total. The van der Waals surface area contributed by atoms with E-state index in [4.69, 9.17) is 0 Å². The molecule has 0 unspecified atom stereocenters. The number of hydrogen-bond acceptors (Lipinski definition) is 8. The van der Waals surface area contributed by atoms with Gasteiger partial charge in [-0.25, -0.2) is 14.8 Å². The van der Waals surface area contributed by atoms with Crippen molar-refractivity contribution in [3.05, 3.63) is 29.8 Å². The average molecular weight is 249 g/mol. The first-order valence-corrected chi connectivity index (χ1v) is 5.11. The molecular weight excluding hydrogens is 238 g/mol. The minimum absolute atomic E-state index is 0.256. The molecule has 18 heavy (non-hydrogen) atoms. The second-order valence-electron chi connectivity index (χ2n) is 3.37. The number of esters is 1. The number of hydrogen-bond donors (Lipinski definition) is 1. The van der Waals surface area contributed by atoms with E-state index in [1.54, 1.807) is 6.92 Å². The normalized spacial score (nSPS) is 10.1. The molecule has 0 atom stereocenters. The van der Waals surface area contributed by atoms with Crippen LogP contribution in [-0.2, 0) is 11.3 Å². The van der Waals surface area contributed by atoms with E-state index in [-0.39, 0.29) is 12.1 Å². The van der Waals surface area contributed by atoms with Crippen molar-refractivity contribution in [1.29, 1.82) is 0 Å². The summed E-state index contributed by atoms with van der Waals surface area (Å²) in [6, 6.07) is 0. The molecule has 2 aromatic rings. The zero-order valence-corrected chi connectivity index (χ0v) is 9.88. The summed E-state index contributed by atoms with van der Waals surface area (Å²) in [7, 11) is 1.30. The van der Waals surface area contributed by atoms with Crippen molar-refractivity contribution in [2.24, 2.45) is 0 Å². The maximum atomic E-state index is 11.5. The van der Waals surface area contributed by atoms with Crippen LogP contribution >= 0.6 is 0 Å². The number of ether oxygens (including phenoxy) is 1. The lowest BCUT2D eigenvalue weighted by Gasteiger charge is -2.08. The fourth-order valence-electron chi connectivity index (χ4n) is 1.30. The third kappa shape index (κ3) is 2.59. The Hall–Kier alpha value is -2.51. The molecule has 94 valence electrons. The molecule has 2 heterocycles. The van der Waals surface area contributed by atoms with Crippen molar-refractivity contribution in [1.82, 2.24) is 20.1 Å². The van der Waals surface area contributed by atoms with Crippen LogP contribution in [0.3, 0.4) is 0 Å². The molecular formula is C10H11N5O3. The maximum Gasteiger partial charge on any atom is 0.343 e. The lowest BCUT2D eigenvalue weighted by Crippen LogP contribution is -2.12. The number of methoxy groups -OCH3 is 1. The standard InChI is InChI=1S/C10H11N5O3/c1-6-11-3-7(10(16)17-2)9(14-6)12-4-8-13-5-18-15-8/h3,5H,4H2,1-2H3,(H,11,12,14). The van der Waals surface area contributed by atoms with Gasteiger partial charge in [0.25, 0.3) is 0 Å². The van der Waals surface area contributed by atoms with Gasteiger partial charge in [-0.05, 0) is 6.92 Å². The second kappa shape index (κ2) is 5.21. The molecule has 0 saturated carbocycles. The van der Waals surface area contributed by atoms with Gasteiger partial charge in [-0.3, -0.25) is 0 Å². The van der Waals surface area contributed by atoms with Crippen LogP contribution in [-0.4, -0.2) is 33.2 Å². The Balaban J connectivity index is 2.19. The highest BCUT2D eigenvalue weighted by atomic mass is 16.5. The molecule has 0 saturated heterocycles. The Morgan fingerprint density at radius 1 is 1.50 bits per heavy atom. The van der Waals surface area contributed by atoms with Gasteiger partial charge in [-0.1, -0.05) is 5.16 Å². The predicted octanol–water partition coefficient (Wildman–Crippen LogP) is 0.567. The van der Waals surface area contributed by atoms with Crippen LogP contribution in [0.25, 0.3) is 0 Å². The van der Waals surface area contributed by atoms with Crippen molar-refractivity contribution in [3.63, 3.8) is 0 Å². The lowest BCUT2D eigenvalue weighted by molar-refractivity contribution is 0.0601. The Morgan fingerprint density at radius 3 is 3.00 bits per heavy atom. The minimum atomic E-state index is -0.509. The van der Waals surface area contributed by atoms with E-state index >= 15 is 0 Å². The van der Waals surface area contributed by atoms with Gasteiger partial charge in [-0.15, -0.1) is 0 Å². The van der Waals surface area contributed by atoms with Gasteiger partial charge >= 0.3 is 5.97 Å². The predicted molar refractivity (Wildman–Crippen MR) is 59.7 cm³/mol. The van der Waals surface area contributed by atoms with Crippen LogP contribution in [0.4, 0.5) is 5.82 Å². The number of nitrogens with zero attached hydrogens (tertiary/aromatic N) is 4. The van der Waals surface area contributed by atoms with Gasteiger partial charge in [-0.2, -0.15) is 4.98 Å². The number of anilines is 1. The van der Waals surface area contributed by atoms with Crippen LogP contribution in [0.1, 0.15) is 22.0 Å². The first-order chi connectivity index (χ1) is 8.70. The fraction of sp³-hybridized carbons (Fsp3) is 0.300. The van der Waals surface area contributed by atoms with Crippen LogP contribution in [0, 0.1) is 6.92 Å². The summed E-state index contributed by atoms with van der Waals surface area (Å²) >= 11 is 0. The van der Waals surface area contributed by atoms with Crippen molar-refractivity contribution in [3.8, 4) is 0 Å². The molecule has 8 nitrogen and oxygen atoms in total. The molecule has 0 aromatic carbocycles. The molecule has 0 amide bonds. The summed E-state index contributed by atoms with van der Waals surface area (Å²) in [6.07, 6.45) is 2.64. The summed E-state index contributed by atoms with van der Waals surface area (Å²) in [5, 5.41) is 6.57. The molecule has 0 spiro atoms. The topological polar surface area (TPSA) is 103 Å². The van der Waals surface area contributed by atoms with Gasteiger partial charge in [0.15, 0.2) is 5.82 Å². The molecule has 8 heteroatoms. The smallest absolute Gasteiger partial charge is 0.343 e. The largest absolute Gasteiger partial charge is 0.465 e. The van der Waals surface area contributed by atoms with Crippen LogP contribution < -0.4 is 5.32 Å². The van der Waals surface area contributed by atoms with E-state index in [2.05, 4.69) is 34.7 Å². The zero-order chi connectivity index (χ0) is 13.0. The monoisotopic (exact) mass is 249 g/mol. The fourth-order valence-corrected chi connectivity index (χ4v) is 1.30. The first-order valence-electron chi connectivity index (χ1n) is 5.11. The minimum Gasteiger partial charge on any atom is -0.465 e. The van der Waals surface area contributed by atoms with E-state index in [0.29, 0.717) is 17.5 Å². The highest BCUT2D eigenvalue weighted by molar-refractivity contribution is 5.94. The Kier molecular flexibility index (Phi) is 3.46. The molecule has 2 rings (SSSR count). The maximum absolute atomic E-state index is 11.5. The highest BCUT2D eigenvalue weighted by Crippen LogP contribution is 2.13. The number of carbonyl (C=O) groups excluding carboxylic acids is 1. The van der Waals surface area contributed by atoms with E-state index < -0.39 is 5.97 Å². The summed E-state index contributed by atoms with van der Waals surface area (Å²) in [5.74, 6) is 0.866. The van der Waals surface area contributed by atoms with Gasteiger partial charge < -0.3 is 14.6 Å². The van der Waals surface area contributed by atoms with Crippen LogP contribution in [0.15, 0.2) is 17.1 Å². The second-order valence-corrected chi connectivity index (χ2v) is 3.37. The highest BCUT2D eigenvalue weighted by Gasteiger charge is 2.14. The van der Waals surface area contributed by atoms with Gasteiger partial charge in [0, 0.05) is 6.20 Å². The van der Waals surface area contributed by atoms with Crippen molar-refractivity contribution in [2.45, 2.75) is 13.5 Å². The third-order valence-corrected chi connectivity index (χ3v) is 2.14. The Morgan fingerprint density at radius 2 is 2.33 bits per heavy atom. The van der Waals surface area contributed by atoms with Crippen LogP contribution in [0.5, 0.6) is 0 Å². The SMILES string of the molecule is COC(=O)c1cnc(C)nc1NCc1ncon1. The molecule has 2 aromatic heterocycles. The number of rotatable bonds is 4. The van der Waals surface area contributed by atoms with Gasteiger partial charge in [0.2, 0.25) is 6.39 Å². The number of aromatic nitrogens is 4. The number of aryl methyl sites for hydroxylation is 1. The molecule has 0 aliphatic heterocycles. The van der Waals surface area contributed by atoms with E-state index in [0.717, 1.165) is 0 Å². The van der Waals surface area contributed by atoms with Crippen molar-refractivity contribution < 1.29 is 14.1 Å². The van der Waals surface area contributed by atoms with Crippen molar-refractivity contribution >= 4 is 11.8 Å². The molecule has 0 fully saturated rings. The number of nitrogens with one attached hydrogen (secondary N) is 1. The Bertz CT molecular complexity index is 540. The van der Waals surface area contributed by atoms with E-state index in [9.17, 15) is 4.79 Å². The summed E-state index contributed by atoms with van der Waals surface area (Å²) < 4.78 is 9.25. The Labute approximate surface area is 102 Å². The molecule has 0 aliphatic carbocycles. The third-order valence-electron chi connectivity index (χ3n) is 2.14. The number of carbonyl (C=O) groups is 1. The quantitative estimate of drug-likeness (QED) is 0.784. The van der Waals surface area contributed by atoms with Crippen LogP contribution in [0.2, 0.25) is 0 Å². The van der Waals surface area contributed by atoms with E-state index in [1.807, 2.05) is 0 Å². The molecule has 0 aliphatic rings. The lowest BCUT2D eigenvalue weighted by atomic mass is 10.3. The van der Waals surface area contributed by atoms with Gasteiger partial charge in [0.1, 0.15) is 17.2 Å². The molecule has 0 radical (unpaired) electrons. The average Bonchev–Trinajstić information content (AvgIpc) is 2.88. The first kappa shape index (κ1) is 12.0.